The van der Waals surface area contributed by atoms with E-state index in [0.29, 0.717) is 6.61 Å². The SMILES string of the molecule is C=CCOC(=O)NC[C@@H](CC(=O)C[C@H]1NC(=O)[C@H]1[C@@H](CO[SiH](C)C)C(C)(C)C)N(C)C(=O)OCC=C. The zero-order valence-electron chi connectivity index (χ0n) is 22.5. The van der Waals surface area contributed by atoms with Gasteiger partial charge in [0.05, 0.1) is 12.0 Å². The number of Topliss-reactive ketones (excluding diaryl/α,β-unsaturated/α-hetero) is 1. The molecule has 1 aliphatic heterocycles. The molecule has 1 fully saturated rings. The second kappa shape index (κ2) is 14.8. The summed E-state index contributed by atoms with van der Waals surface area (Å²) in [6.07, 6.45) is 1.63. The van der Waals surface area contributed by atoms with Crippen molar-refractivity contribution in [3.8, 4) is 0 Å². The Morgan fingerprint density at radius 3 is 2.31 bits per heavy atom. The summed E-state index contributed by atoms with van der Waals surface area (Å²) in [6.45, 7) is 17.9. The Hall–Kier alpha value is -2.66. The molecule has 0 aliphatic carbocycles. The topological polar surface area (TPSA) is 123 Å². The van der Waals surface area contributed by atoms with Crippen LogP contribution in [0.25, 0.3) is 0 Å². The summed E-state index contributed by atoms with van der Waals surface area (Å²) < 4.78 is 16.0. The summed E-state index contributed by atoms with van der Waals surface area (Å²) in [7, 11) is 0.223. The molecule has 0 spiro atoms. The van der Waals surface area contributed by atoms with E-state index in [1.165, 1.54) is 24.1 Å². The molecule has 1 heterocycles. The summed E-state index contributed by atoms with van der Waals surface area (Å²) >= 11 is 0. The van der Waals surface area contributed by atoms with Crippen LogP contribution in [0.4, 0.5) is 9.59 Å². The van der Waals surface area contributed by atoms with Gasteiger partial charge in [-0.25, -0.2) is 9.59 Å². The number of β-lactam (4-membered cyclic amide) rings is 1. The van der Waals surface area contributed by atoms with E-state index in [9.17, 15) is 19.2 Å². The monoisotopic (exact) mass is 525 g/mol. The number of hydrogen-bond acceptors (Lipinski definition) is 7. The lowest BCUT2D eigenvalue weighted by atomic mass is 9.66. The number of ether oxygens (including phenoxy) is 2. The fraction of sp³-hybridized carbons (Fsp3) is 0.680. The average molecular weight is 526 g/mol. The highest BCUT2D eigenvalue weighted by atomic mass is 28.3. The second-order valence-corrected chi connectivity index (χ2v) is 12.8. The zero-order chi connectivity index (χ0) is 27.5. The molecule has 4 atom stereocenters. The first-order chi connectivity index (χ1) is 16.8. The van der Waals surface area contributed by atoms with Gasteiger partial charge >= 0.3 is 12.2 Å². The molecule has 1 saturated heterocycles. The normalized spacial score (nSPS) is 18.8. The fourth-order valence-corrected chi connectivity index (χ4v) is 4.58. The van der Waals surface area contributed by atoms with Crippen molar-refractivity contribution in [3.05, 3.63) is 25.3 Å². The summed E-state index contributed by atoms with van der Waals surface area (Å²) in [4.78, 5) is 51.1. The van der Waals surface area contributed by atoms with Crippen molar-refractivity contribution in [2.24, 2.45) is 17.3 Å². The summed E-state index contributed by atoms with van der Waals surface area (Å²) in [5.41, 5.74) is -0.180. The quantitative estimate of drug-likeness (QED) is 0.191. The Kier molecular flexibility index (Phi) is 12.9. The van der Waals surface area contributed by atoms with Crippen LogP contribution in [-0.2, 0) is 23.5 Å². The lowest BCUT2D eigenvalue weighted by molar-refractivity contribution is -0.143. The predicted molar refractivity (Wildman–Crippen MR) is 140 cm³/mol. The molecule has 0 aromatic rings. The van der Waals surface area contributed by atoms with Crippen LogP contribution in [0, 0.1) is 17.3 Å². The van der Waals surface area contributed by atoms with Gasteiger partial charge in [0.2, 0.25) is 5.91 Å². The van der Waals surface area contributed by atoms with Crippen LogP contribution in [0.1, 0.15) is 33.6 Å². The van der Waals surface area contributed by atoms with Crippen molar-refractivity contribution in [1.29, 1.82) is 0 Å². The van der Waals surface area contributed by atoms with E-state index in [1.807, 2.05) is 0 Å². The Morgan fingerprint density at radius 2 is 1.78 bits per heavy atom. The van der Waals surface area contributed by atoms with Crippen LogP contribution in [0.3, 0.4) is 0 Å². The van der Waals surface area contributed by atoms with Gasteiger partial charge in [-0.1, -0.05) is 46.1 Å². The first kappa shape index (κ1) is 31.4. The third kappa shape index (κ3) is 10.1. The number of nitrogens with zero attached hydrogens (tertiary/aromatic N) is 1. The molecule has 0 unspecified atom stereocenters. The Bertz CT molecular complexity index is 797. The molecule has 3 amide bonds. The van der Waals surface area contributed by atoms with E-state index in [1.54, 1.807) is 0 Å². The molecule has 11 heteroatoms. The number of carbonyl (C=O) groups excluding carboxylic acids is 4. The zero-order valence-corrected chi connectivity index (χ0v) is 23.7. The average Bonchev–Trinajstić information content (AvgIpc) is 2.79. The number of likely N-dealkylation sites (N-methyl/N-ethyl adjacent to an activating group) is 1. The number of ketones is 1. The van der Waals surface area contributed by atoms with Crippen LogP contribution in [0.2, 0.25) is 13.1 Å². The van der Waals surface area contributed by atoms with Gasteiger partial charge < -0.3 is 29.4 Å². The maximum absolute atomic E-state index is 13.1. The molecular formula is C25H43N3O7Si. The molecule has 204 valence electrons. The third-order valence-corrected chi connectivity index (χ3v) is 6.96. The van der Waals surface area contributed by atoms with Gasteiger partial charge in [-0.05, 0) is 24.4 Å². The molecule has 0 radical (unpaired) electrons. The van der Waals surface area contributed by atoms with Crippen LogP contribution >= 0.6 is 0 Å². The Morgan fingerprint density at radius 1 is 1.17 bits per heavy atom. The molecule has 1 aliphatic rings. The van der Waals surface area contributed by atoms with Crippen molar-refractivity contribution in [2.75, 3.05) is 33.4 Å². The van der Waals surface area contributed by atoms with Crippen LogP contribution in [-0.4, -0.2) is 83.3 Å². The Labute approximate surface area is 216 Å². The van der Waals surface area contributed by atoms with E-state index in [2.05, 4.69) is 57.7 Å². The van der Waals surface area contributed by atoms with Gasteiger partial charge in [-0.3, -0.25) is 9.59 Å². The molecule has 36 heavy (non-hydrogen) atoms. The molecule has 0 aromatic heterocycles. The third-order valence-electron chi connectivity index (χ3n) is 6.10. The molecule has 10 nitrogen and oxygen atoms in total. The van der Waals surface area contributed by atoms with Gasteiger partial charge in [0.1, 0.15) is 19.0 Å². The molecule has 0 saturated carbocycles. The van der Waals surface area contributed by atoms with Crippen molar-refractivity contribution >= 4 is 32.9 Å². The van der Waals surface area contributed by atoms with Crippen molar-refractivity contribution in [1.82, 2.24) is 15.5 Å². The van der Waals surface area contributed by atoms with E-state index >= 15 is 0 Å². The number of alkyl carbamates (subject to hydrolysis) is 1. The number of rotatable bonds is 15. The van der Waals surface area contributed by atoms with E-state index < -0.39 is 27.3 Å². The lowest BCUT2D eigenvalue weighted by Gasteiger charge is -2.46. The number of hydrogen-bond donors (Lipinski definition) is 2. The van der Waals surface area contributed by atoms with Gasteiger partial charge in [0.15, 0.2) is 9.04 Å². The minimum absolute atomic E-state index is 0.0146. The van der Waals surface area contributed by atoms with Crippen molar-refractivity contribution in [2.45, 2.75) is 58.8 Å². The summed E-state index contributed by atoms with van der Waals surface area (Å²) in [6, 6.07) is -0.982. The largest absolute Gasteiger partial charge is 0.445 e. The second-order valence-electron chi connectivity index (χ2n) is 10.3. The molecule has 0 bridgehead atoms. The highest BCUT2D eigenvalue weighted by Crippen LogP contribution is 2.39. The molecule has 1 rings (SSSR count). The van der Waals surface area contributed by atoms with E-state index in [4.69, 9.17) is 13.9 Å². The lowest BCUT2D eigenvalue weighted by Crippen LogP contribution is -2.64. The molecular weight excluding hydrogens is 482 g/mol. The van der Waals surface area contributed by atoms with Gasteiger partial charge in [-0.15, -0.1) is 0 Å². The summed E-state index contributed by atoms with van der Waals surface area (Å²) in [5.74, 6) is -0.587. The highest BCUT2D eigenvalue weighted by Gasteiger charge is 2.49. The van der Waals surface area contributed by atoms with Crippen molar-refractivity contribution < 1.29 is 33.1 Å². The molecule has 2 N–H and O–H groups in total. The first-order valence-corrected chi connectivity index (χ1v) is 15.1. The predicted octanol–water partition coefficient (Wildman–Crippen LogP) is 2.65. The number of carbonyl (C=O) groups is 4. The van der Waals surface area contributed by atoms with Crippen LogP contribution < -0.4 is 10.6 Å². The number of amides is 3. The maximum Gasteiger partial charge on any atom is 0.410 e. The minimum Gasteiger partial charge on any atom is -0.445 e. The number of nitrogens with one attached hydrogen (secondary N) is 2. The first-order valence-electron chi connectivity index (χ1n) is 12.3. The fourth-order valence-electron chi connectivity index (χ4n) is 3.99. The van der Waals surface area contributed by atoms with E-state index in [-0.39, 0.29) is 67.6 Å². The van der Waals surface area contributed by atoms with Crippen LogP contribution in [0.15, 0.2) is 25.3 Å². The summed E-state index contributed by atoms with van der Waals surface area (Å²) in [5, 5.41) is 5.44. The highest BCUT2D eigenvalue weighted by molar-refractivity contribution is 6.48. The van der Waals surface area contributed by atoms with E-state index in [0.717, 1.165) is 0 Å². The Balaban J connectivity index is 2.90. The maximum atomic E-state index is 13.1. The van der Waals surface area contributed by atoms with Gasteiger partial charge in [-0.2, -0.15) is 0 Å². The van der Waals surface area contributed by atoms with Crippen molar-refractivity contribution in [3.63, 3.8) is 0 Å². The molecule has 0 aromatic carbocycles. The standard InChI is InChI=1S/C25H43N3O7Si/c1-9-11-33-23(31)26-15-17(28(6)24(32)34-12-10-2)13-18(29)14-20-21(22(30)27-20)19(25(3,4)5)16-35-36(7)8/h9-10,17,19-21,36H,1-2,11-16H2,3-8H3,(H,26,31)(H,27,30)/t17-,19-,20-,21+/m1/s1. The van der Waals surface area contributed by atoms with Gasteiger partial charge in [0, 0.05) is 39.1 Å². The minimum atomic E-state index is -1.27. The smallest absolute Gasteiger partial charge is 0.410 e. The van der Waals surface area contributed by atoms with Gasteiger partial charge in [0.25, 0.3) is 0 Å². The van der Waals surface area contributed by atoms with Crippen LogP contribution in [0.5, 0.6) is 0 Å².